The van der Waals surface area contributed by atoms with E-state index >= 15 is 0 Å². The summed E-state index contributed by atoms with van der Waals surface area (Å²) in [7, 11) is 0. The molecule has 0 radical (unpaired) electrons. The molecule has 0 aliphatic heterocycles. The molecule has 74 valence electrons. The van der Waals surface area contributed by atoms with Crippen molar-refractivity contribution in [3.05, 3.63) is 28.9 Å². The van der Waals surface area contributed by atoms with Crippen molar-refractivity contribution in [2.75, 3.05) is 6.54 Å². The number of benzene rings is 1. The van der Waals surface area contributed by atoms with Gasteiger partial charge in [-0.1, -0.05) is 15.9 Å². The molecule has 2 N–H and O–H groups in total. The minimum Gasteiger partial charge on any atom is -0.330 e. The van der Waals surface area contributed by atoms with Crippen molar-refractivity contribution in [2.45, 2.75) is 13.0 Å². The molecule has 1 heterocycles. The first-order valence-electron chi connectivity index (χ1n) is 4.62. The average molecular weight is 254 g/mol. The molecule has 0 fully saturated rings. The Morgan fingerprint density at radius 1 is 1.43 bits per heavy atom. The molecule has 1 aromatic carbocycles. The van der Waals surface area contributed by atoms with Crippen molar-refractivity contribution in [2.24, 2.45) is 5.73 Å². The Kier molecular flexibility index (Phi) is 2.84. The zero-order valence-electron chi connectivity index (χ0n) is 7.78. The molecule has 0 amide bonds. The largest absolute Gasteiger partial charge is 0.330 e. The summed E-state index contributed by atoms with van der Waals surface area (Å²) in [6, 6.07) is 6.09. The number of aromatic nitrogens is 2. The fraction of sp³-hybridized carbons (Fsp3) is 0.300. The normalized spacial score (nSPS) is 11.0. The highest BCUT2D eigenvalue weighted by Crippen LogP contribution is 2.18. The molecule has 0 bridgehead atoms. The maximum absolute atomic E-state index is 5.45. The summed E-state index contributed by atoms with van der Waals surface area (Å²) in [5, 5.41) is 5.59. The number of hydrogen-bond donors (Lipinski definition) is 1. The van der Waals surface area contributed by atoms with Crippen LogP contribution in [0.5, 0.6) is 0 Å². The quantitative estimate of drug-likeness (QED) is 0.911. The third kappa shape index (κ3) is 1.96. The Hall–Kier alpha value is -0.870. The van der Waals surface area contributed by atoms with Gasteiger partial charge < -0.3 is 5.73 Å². The van der Waals surface area contributed by atoms with Gasteiger partial charge in [-0.25, -0.2) is 0 Å². The molecular weight excluding hydrogens is 242 g/mol. The number of fused-ring (bicyclic) bond motifs is 1. The maximum atomic E-state index is 5.45. The van der Waals surface area contributed by atoms with Gasteiger partial charge in [0.05, 0.1) is 5.52 Å². The fourth-order valence-electron chi connectivity index (χ4n) is 1.42. The number of nitrogens with two attached hydrogens (primary N) is 1. The SMILES string of the molecule is NCCCn1cc2cc(Br)ccc2n1. The molecule has 2 rings (SSSR count). The van der Waals surface area contributed by atoms with E-state index in [1.54, 1.807) is 0 Å². The highest BCUT2D eigenvalue weighted by molar-refractivity contribution is 9.10. The second-order valence-electron chi connectivity index (χ2n) is 3.24. The molecule has 14 heavy (non-hydrogen) atoms. The summed E-state index contributed by atoms with van der Waals surface area (Å²) in [5.41, 5.74) is 6.48. The van der Waals surface area contributed by atoms with Crippen LogP contribution < -0.4 is 5.73 Å². The zero-order valence-corrected chi connectivity index (χ0v) is 9.37. The smallest absolute Gasteiger partial charge is 0.0924 e. The summed E-state index contributed by atoms with van der Waals surface area (Å²) >= 11 is 3.44. The number of hydrogen-bond acceptors (Lipinski definition) is 2. The van der Waals surface area contributed by atoms with E-state index in [2.05, 4.69) is 33.3 Å². The van der Waals surface area contributed by atoms with Crippen molar-refractivity contribution in [3.63, 3.8) is 0 Å². The van der Waals surface area contributed by atoms with Gasteiger partial charge in [-0.05, 0) is 31.2 Å². The van der Waals surface area contributed by atoms with Crippen LogP contribution >= 0.6 is 15.9 Å². The van der Waals surface area contributed by atoms with Gasteiger partial charge in [-0.15, -0.1) is 0 Å². The highest BCUT2D eigenvalue weighted by atomic mass is 79.9. The third-order valence-electron chi connectivity index (χ3n) is 2.11. The van der Waals surface area contributed by atoms with Crippen molar-refractivity contribution in [1.29, 1.82) is 0 Å². The van der Waals surface area contributed by atoms with Gasteiger partial charge >= 0.3 is 0 Å². The summed E-state index contributed by atoms with van der Waals surface area (Å²) in [6.07, 6.45) is 3.02. The Balaban J connectivity index is 2.32. The van der Waals surface area contributed by atoms with E-state index in [-0.39, 0.29) is 0 Å². The topological polar surface area (TPSA) is 43.8 Å². The second-order valence-corrected chi connectivity index (χ2v) is 4.15. The first-order valence-corrected chi connectivity index (χ1v) is 5.41. The van der Waals surface area contributed by atoms with Crippen molar-refractivity contribution < 1.29 is 0 Å². The molecule has 0 saturated carbocycles. The van der Waals surface area contributed by atoms with E-state index in [9.17, 15) is 0 Å². The zero-order chi connectivity index (χ0) is 9.97. The Labute approximate surface area is 91.0 Å². The van der Waals surface area contributed by atoms with Crippen LogP contribution in [0.4, 0.5) is 0 Å². The molecule has 0 saturated heterocycles. The molecule has 0 aliphatic carbocycles. The molecule has 4 heteroatoms. The van der Waals surface area contributed by atoms with E-state index in [1.807, 2.05) is 16.8 Å². The second kappa shape index (κ2) is 4.11. The molecule has 2 aromatic rings. The lowest BCUT2D eigenvalue weighted by Crippen LogP contribution is -2.05. The van der Waals surface area contributed by atoms with Crippen LogP contribution in [-0.2, 0) is 6.54 Å². The van der Waals surface area contributed by atoms with Gasteiger partial charge in [0.1, 0.15) is 0 Å². The molecule has 3 nitrogen and oxygen atoms in total. The minimum absolute atomic E-state index is 0.708. The molecule has 0 aliphatic rings. The van der Waals surface area contributed by atoms with E-state index in [4.69, 9.17) is 5.73 Å². The standard InChI is InChI=1S/C10H12BrN3/c11-9-2-3-10-8(6-9)7-14(13-10)5-1-4-12/h2-3,6-7H,1,4-5,12H2. The van der Waals surface area contributed by atoms with Gasteiger partial charge in [0.15, 0.2) is 0 Å². The molecule has 0 atom stereocenters. The highest BCUT2D eigenvalue weighted by Gasteiger charge is 2.00. The fourth-order valence-corrected chi connectivity index (χ4v) is 1.79. The number of halogens is 1. The van der Waals surface area contributed by atoms with Gasteiger partial charge in [-0.2, -0.15) is 5.10 Å². The summed E-state index contributed by atoms with van der Waals surface area (Å²) in [5.74, 6) is 0. The van der Waals surface area contributed by atoms with Crippen LogP contribution in [0.3, 0.4) is 0 Å². The van der Waals surface area contributed by atoms with Crippen LogP contribution in [0.1, 0.15) is 6.42 Å². The monoisotopic (exact) mass is 253 g/mol. The van der Waals surface area contributed by atoms with Crippen LogP contribution in [0.15, 0.2) is 28.9 Å². The van der Waals surface area contributed by atoms with E-state index < -0.39 is 0 Å². The summed E-state index contributed by atoms with van der Waals surface area (Å²) in [6.45, 7) is 1.60. The van der Waals surface area contributed by atoms with Gasteiger partial charge in [0, 0.05) is 22.6 Å². The van der Waals surface area contributed by atoms with Gasteiger partial charge in [0.25, 0.3) is 0 Å². The van der Waals surface area contributed by atoms with Gasteiger partial charge in [0.2, 0.25) is 0 Å². The summed E-state index contributed by atoms with van der Waals surface area (Å²) in [4.78, 5) is 0. The van der Waals surface area contributed by atoms with E-state index in [0.717, 1.165) is 28.3 Å². The first kappa shape index (κ1) is 9.68. The lowest BCUT2D eigenvalue weighted by Gasteiger charge is -1.96. The van der Waals surface area contributed by atoms with Crippen LogP contribution in [0, 0.1) is 0 Å². The number of rotatable bonds is 3. The van der Waals surface area contributed by atoms with Crippen molar-refractivity contribution in [3.8, 4) is 0 Å². The Bertz CT molecular complexity index is 436. The predicted molar refractivity (Wildman–Crippen MR) is 61.1 cm³/mol. The van der Waals surface area contributed by atoms with E-state index in [0.29, 0.717) is 6.54 Å². The lowest BCUT2D eigenvalue weighted by atomic mass is 10.3. The minimum atomic E-state index is 0.708. The van der Waals surface area contributed by atoms with Crippen molar-refractivity contribution >= 4 is 26.8 Å². The third-order valence-corrected chi connectivity index (χ3v) is 2.60. The van der Waals surface area contributed by atoms with Crippen LogP contribution in [0.25, 0.3) is 10.9 Å². The number of aryl methyl sites for hydroxylation is 1. The average Bonchev–Trinajstić information content (AvgIpc) is 2.56. The Morgan fingerprint density at radius 2 is 2.29 bits per heavy atom. The lowest BCUT2D eigenvalue weighted by molar-refractivity contribution is 0.590. The van der Waals surface area contributed by atoms with E-state index in [1.165, 1.54) is 0 Å². The van der Waals surface area contributed by atoms with Crippen molar-refractivity contribution in [1.82, 2.24) is 9.78 Å². The molecule has 1 aromatic heterocycles. The Morgan fingerprint density at radius 3 is 3.07 bits per heavy atom. The first-order chi connectivity index (χ1) is 6.79. The number of nitrogens with zero attached hydrogens (tertiary/aromatic N) is 2. The summed E-state index contributed by atoms with van der Waals surface area (Å²) < 4.78 is 3.03. The molecular formula is C10H12BrN3. The van der Waals surface area contributed by atoms with Crippen LogP contribution in [0.2, 0.25) is 0 Å². The predicted octanol–water partition coefficient (Wildman–Crippen LogP) is 2.15. The molecule has 0 spiro atoms. The van der Waals surface area contributed by atoms with Crippen LogP contribution in [-0.4, -0.2) is 16.3 Å². The maximum Gasteiger partial charge on any atom is 0.0924 e. The van der Waals surface area contributed by atoms with Gasteiger partial charge in [-0.3, -0.25) is 4.68 Å². The molecule has 0 unspecified atom stereocenters.